The predicted octanol–water partition coefficient (Wildman–Crippen LogP) is 2.02. The molecule has 4 heteroatoms. The van der Waals surface area contributed by atoms with Gasteiger partial charge in [0, 0.05) is 24.1 Å². The topological polar surface area (TPSA) is 41.5 Å². The number of hydrogen-bond acceptors (Lipinski definition) is 3. The number of fused-ring (bicyclic) bond motifs is 1. The highest BCUT2D eigenvalue weighted by molar-refractivity contribution is 5.37. The molecule has 19 heavy (non-hydrogen) atoms. The lowest BCUT2D eigenvalue weighted by Crippen LogP contribution is -2.49. The number of ether oxygens (including phenoxy) is 1. The first-order valence-corrected chi connectivity index (χ1v) is 7.02. The molecule has 104 valence electrons. The molecule has 1 fully saturated rings. The molecule has 3 rings (SSSR count). The summed E-state index contributed by atoms with van der Waals surface area (Å²) in [5, 5.41) is 13.0. The fourth-order valence-corrected chi connectivity index (χ4v) is 3.18. The average Bonchev–Trinajstić information content (AvgIpc) is 3.02. The van der Waals surface area contributed by atoms with E-state index in [4.69, 9.17) is 4.74 Å². The fourth-order valence-electron chi connectivity index (χ4n) is 3.18. The minimum Gasteiger partial charge on any atom is -0.488 e. The molecule has 0 aromatic heterocycles. The highest BCUT2D eigenvalue weighted by atomic mass is 19.1. The van der Waals surface area contributed by atoms with Crippen LogP contribution in [0.3, 0.4) is 0 Å². The summed E-state index contributed by atoms with van der Waals surface area (Å²) in [5.41, 5.74) is 0.819. The highest BCUT2D eigenvalue weighted by Crippen LogP contribution is 2.31. The summed E-state index contributed by atoms with van der Waals surface area (Å²) in [5.74, 6) is 0.580. The van der Waals surface area contributed by atoms with Crippen LogP contribution in [0, 0.1) is 5.82 Å². The van der Waals surface area contributed by atoms with E-state index in [1.165, 1.54) is 18.9 Å². The largest absolute Gasteiger partial charge is 0.488 e. The number of rotatable bonds is 4. The average molecular weight is 265 g/mol. The first-order chi connectivity index (χ1) is 9.21. The van der Waals surface area contributed by atoms with Crippen LogP contribution >= 0.6 is 0 Å². The number of nitrogens with one attached hydrogen (secondary N) is 1. The Morgan fingerprint density at radius 2 is 2.16 bits per heavy atom. The lowest BCUT2D eigenvalue weighted by atomic mass is 9.98. The summed E-state index contributed by atoms with van der Waals surface area (Å²) in [4.78, 5) is 0. The third kappa shape index (κ3) is 2.60. The van der Waals surface area contributed by atoms with Crippen LogP contribution in [0.2, 0.25) is 0 Å². The molecule has 0 bridgehead atoms. The molecule has 1 aliphatic carbocycles. The van der Waals surface area contributed by atoms with Gasteiger partial charge in [-0.15, -0.1) is 0 Å². The van der Waals surface area contributed by atoms with Gasteiger partial charge in [-0.2, -0.15) is 0 Å². The summed E-state index contributed by atoms with van der Waals surface area (Å²) in [6.45, 7) is 0.887. The van der Waals surface area contributed by atoms with Crippen molar-refractivity contribution in [2.24, 2.45) is 0 Å². The quantitative estimate of drug-likeness (QED) is 0.875. The Labute approximate surface area is 112 Å². The van der Waals surface area contributed by atoms with Crippen LogP contribution in [-0.4, -0.2) is 29.9 Å². The smallest absolute Gasteiger partial charge is 0.123 e. The first-order valence-electron chi connectivity index (χ1n) is 7.02. The number of halogens is 1. The van der Waals surface area contributed by atoms with Crippen molar-refractivity contribution in [3.05, 3.63) is 29.6 Å². The van der Waals surface area contributed by atoms with Crippen molar-refractivity contribution in [3.63, 3.8) is 0 Å². The van der Waals surface area contributed by atoms with Gasteiger partial charge < -0.3 is 15.2 Å². The maximum atomic E-state index is 13.1. The van der Waals surface area contributed by atoms with Gasteiger partial charge in [0.25, 0.3) is 0 Å². The van der Waals surface area contributed by atoms with Crippen molar-refractivity contribution < 1.29 is 14.2 Å². The van der Waals surface area contributed by atoms with E-state index in [2.05, 4.69) is 5.32 Å². The molecule has 3 nitrogen and oxygen atoms in total. The maximum absolute atomic E-state index is 13.1. The molecule has 1 unspecified atom stereocenters. The SMILES string of the molecule is OCC1(NCC2Cc3cc(F)ccc3O2)CCCC1. The Morgan fingerprint density at radius 3 is 2.89 bits per heavy atom. The van der Waals surface area contributed by atoms with Crippen LogP contribution < -0.4 is 10.1 Å². The van der Waals surface area contributed by atoms with E-state index in [0.29, 0.717) is 6.54 Å². The second-order valence-electron chi connectivity index (χ2n) is 5.72. The summed E-state index contributed by atoms with van der Waals surface area (Å²) in [6, 6.07) is 4.68. The maximum Gasteiger partial charge on any atom is 0.123 e. The molecule has 1 aromatic carbocycles. The molecule has 0 saturated heterocycles. The van der Waals surface area contributed by atoms with Crippen LogP contribution in [0.15, 0.2) is 18.2 Å². The second kappa shape index (κ2) is 5.10. The van der Waals surface area contributed by atoms with Gasteiger partial charge in [0.2, 0.25) is 0 Å². The molecule has 1 atom stereocenters. The van der Waals surface area contributed by atoms with Gasteiger partial charge in [0.05, 0.1) is 6.61 Å². The molecular formula is C15H20FNO2. The number of aliphatic hydroxyl groups is 1. The summed E-state index contributed by atoms with van der Waals surface area (Å²) in [6.07, 6.45) is 5.17. The molecule has 2 aliphatic rings. The number of hydrogen-bond donors (Lipinski definition) is 2. The minimum absolute atomic E-state index is 0.0424. The molecule has 1 heterocycles. The van der Waals surface area contributed by atoms with Crippen molar-refractivity contribution in [2.45, 2.75) is 43.7 Å². The van der Waals surface area contributed by atoms with Gasteiger partial charge in [0.1, 0.15) is 17.7 Å². The van der Waals surface area contributed by atoms with Crippen LogP contribution in [-0.2, 0) is 6.42 Å². The normalized spacial score (nSPS) is 24.2. The van der Waals surface area contributed by atoms with Crippen molar-refractivity contribution in [1.82, 2.24) is 5.32 Å². The van der Waals surface area contributed by atoms with E-state index < -0.39 is 0 Å². The zero-order valence-electron chi connectivity index (χ0n) is 11.0. The molecule has 1 aliphatic heterocycles. The monoisotopic (exact) mass is 265 g/mol. The van der Waals surface area contributed by atoms with Gasteiger partial charge in [-0.25, -0.2) is 4.39 Å². The standard InChI is InChI=1S/C15H20FNO2/c16-12-3-4-14-11(7-12)8-13(19-14)9-17-15(10-18)5-1-2-6-15/h3-4,7,13,17-18H,1-2,5-6,8-10H2. The fraction of sp³-hybridized carbons (Fsp3) is 0.600. The van der Waals surface area contributed by atoms with Crippen molar-refractivity contribution in [1.29, 1.82) is 0 Å². The molecule has 1 saturated carbocycles. The zero-order chi connectivity index (χ0) is 13.3. The molecule has 0 spiro atoms. The van der Waals surface area contributed by atoms with Crippen molar-refractivity contribution in [2.75, 3.05) is 13.2 Å². The van der Waals surface area contributed by atoms with Crippen LogP contribution in [0.1, 0.15) is 31.2 Å². The Kier molecular flexibility index (Phi) is 3.46. The van der Waals surface area contributed by atoms with E-state index in [-0.39, 0.29) is 24.1 Å². The van der Waals surface area contributed by atoms with Crippen molar-refractivity contribution >= 4 is 0 Å². The van der Waals surface area contributed by atoms with E-state index in [1.807, 2.05) is 0 Å². The third-order valence-electron chi connectivity index (χ3n) is 4.33. The second-order valence-corrected chi connectivity index (χ2v) is 5.72. The van der Waals surface area contributed by atoms with Crippen molar-refractivity contribution in [3.8, 4) is 5.75 Å². The van der Waals surface area contributed by atoms with Crippen LogP contribution in [0.5, 0.6) is 5.75 Å². The van der Waals surface area contributed by atoms with Crippen LogP contribution in [0.4, 0.5) is 4.39 Å². The van der Waals surface area contributed by atoms with Gasteiger partial charge in [-0.05, 0) is 31.0 Å². The molecule has 1 aromatic rings. The Hall–Kier alpha value is -1.13. The van der Waals surface area contributed by atoms with E-state index in [0.717, 1.165) is 30.6 Å². The van der Waals surface area contributed by atoms with Crippen LogP contribution in [0.25, 0.3) is 0 Å². The van der Waals surface area contributed by atoms with E-state index in [9.17, 15) is 9.50 Å². The lowest BCUT2D eigenvalue weighted by molar-refractivity contribution is 0.141. The summed E-state index contributed by atoms with van der Waals surface area (Å²) in [7, 11) is 0. The van der Waals surface area contributed by atoms with Gasteiger partial charge in [-0.1, -0.05) is 12.8 Å². The Balaban J connectivity index is 1.58. The molecular weight excluding hydrogens is 245 g/mol. The molecule has 2 N–H and O–H groups in total. The summed E-state index contributed by atoms with van der Waals surface area (Å²) >= 11 is 0. The van der Waals surface area contributed by atoms with Gasteiger partial charge >= 0.3 is 0 Å². The summed E-state index contributed by atoms with van der Waals surface area (Å²) < 4.78 is 18.9. The predicted molar refractivity (Wildman–Crippen MR) is 70.8 cm³/mol. The number of aliphatic hydroxyl groups excluding tert-OH is 1. The Morgan fingerprint density at radius 1 is 1.37 bits per heavy atom. The van der Waals surface area contributed by atoms with E-state index >= 15 is 0 Å². The molecule has 0 amide bonds. The first kappa shape index (κ1) is 12.9. The van der Waals surface area contributed by atoms with Gasteiger partial charge in [-0.3, -0.25) is 0 Å². The molecule has 0 radical (unpaired) electrons. The number of benzene rings is 1. The third-order valence-corrected chi connectivity index (χ3v) is 4.33. The minimum atomic E-state index is -0.210. The van der Waals surface area contributed by atoms with Gasteiger partial charge in [0.15, 0.2) is 0 Å². The lowest BCUT2D eigenvalue weighted by Gasteiger charge is -2.29. The Bertz CT molecular complexity index is 457. The van der Waals surface area contributed by atoms with E-state index in [1.54, 1.807) is 12.1 Å². The highest BCUT2D eigenvalue weighted by Gasteiger charge is 2.34. The zero-order valence-corrected chi connectivity index (χ0v) is 11.0.